The van der Waals surface area contributed by atoms with Crippen LogP contribution in [0.2, 0.25) is 10.0 Å². The number of piperazine rings is 1. The number of hydrogen-bond donors (Lipinski definition) is 2. The molecule has 0 spiro atoms. The highest BCUT2D eigenvalue weighted by atomic mass is 35.5. The molecule has 1 aliphatic rings. The summed E-state index contributed by atoms with van der Waals surface area (Å²) in [6, 6.07) is 11.4. The van der Waals surface area contributed by atoms with E-state index in [0.29, 0.717) is 28.8 Å². The molecule has 1 atom stereocenters. The molecule has 4 nitrogen and oxygen atoms in total. The monoisotopic (exact) mass is 381 g/mol. The third kappa shape index (κ3) is 4.70. The van der Waals surface area contributed by atoms with Crippen molar-refractivity contribution in [2.24, 2.45) is 0 Å². The maximum Gasteiger partial charge on any atom is 0.238 e. The Kier molecular flexibility index (Phi) is 5.91. The fraction of sp³-hybridized carbons (Fsp3) is 0.278. The van der Waals surface area contributed by atoms with Gasteiger partial charge in [0.2, 0.25) is 5.91 Å². The van der Waals surface area contributed by atoms with Crippen molar-refractivity contribution in [1.29, 1.82) is 0 Å². The average Bonchev–Trinajstić information content (AvgIpc) is 2.58. The summed E-state index contributed by atoms with van der Waals surface area (Å²) in [7, 11) is 0. The number of nitrogens with one attached hydrogen (secondary N) is 2. The minimum atomic E-state index is -0.277. The lowest BCUT2D eigenvalue weighted by atomic mass is 10.0. The third-order valence-corrected chi connectivity index (χ3v) is 4.69. The van der Waals surface area contributed by atoms with Crippen molar-refractivity contribution in [1.82, 2.24) is 10.2 Å². The molecule has 2 aromatic rings. The summed E-state index contributed by atoms with van der Waals surface area (Å²) in [5, 5.41) is 6.99. The van der Waals surface area contributed by atoms with Crippen LogP contribution in [0.25, 0.3) is 0 Å². The number of hydrogen-bond acceptors (Lipinski definition) is 3. The molecule has 25 heavy (non-hydrogen) atoms. The van der Waals surface area contributed by atoms with Crippen LogP contribution in [-0.2, 0) is 4.79 Å². The first-order valence-electron chi connectivity index (χ1n) is 7.98. The molecule has 0 aromatic heterocycles. The van der Waals surface area contributed by atoms with Crippen LogP contribution in [0.4, 0.5) is 10.1 Å². The van der Waals surface area contributed by atoms with Gasteiger partial charge in [-0.2, -0.15) is 0 Å². The highest BCUT2D eigenvalue weighted by molar-refractivity contribution is 6.36. The predicted molar refractivity (Wildman–Crippen MR) is 98.7 cm³/mol. The maximum atomic E-state index is 13.5. The zero-order chi connectivity index (χ0) is 17.8. The van der Waals surface area contributed by atoms with Gasteiger partial charge in [0.25, 0.3) is 0 Å². The van der Waals surface area contributed by atoms with Crippen LogP contribution >= 0.6 is 23.2 Å². The molecule has 2 N–H and O–H groups in total. The van der Waals surface area contributed by atoms with Crippen molar-refractivity contribution in [2.45, 2.75) is 6.04 Å². The van der Waals surface area contributed by atoms with Crippen molar-refractivity contribution in [3.05, 3.63) is 63.9 Å². The van der Waals surface area contributed by atoms with Crippen LogP contribution in [-0.4, -0.2) is 37.0 Å². The maximum absolute atomic E-state index is 13.5. The molecule has 0 aliphatic carbocycles. The van der Waals surface area contributed by atoms with Gasteiger partial charge in [-0.1, -0.05) is 35.3 Å². The first kappa shape index (κ1) is 18.1. The minimum Gasteiger partial charge on any atom is -0.324 e. The van der Waals surface area contributed by atoms with Crippen molar-refractivity contribution in [3.8, 4) is 0 Å². The van der Waals surface area contributed by atoms with Crippen LogP contribution in [0.15, 0.2) is 42.5 Å². The van der Waals surface area contributed by atoms with E-state index in [1.54, 1.807) is 24.3 Å². The van der Waals surface area contributed by atoms with Gasteiger partial charge >= 0.3 is 0 Å². The van der Waals surface area contributed by atoms with Gasteiger partial charge in [-0.05, 0) is 35.9 Å². The largest absolute Gasteiger partial charge is 0.324 e. The summed E-state index contributed by atoms with van der Waals surface area (Å²) >= 11 is 12.0. The second-order valence-electron chi connectivity index (χ2n) is 5.92. The van der Waals surface area contributed by atoms with Gasteiger partial charge in [0.15, 0.2) is 0 Å². The van der Waals surface area contributed by atoms with Gasteiger partial charge in [0, 0.05) is 30.7 Å². The summed E-state index contributed by atoms with van der Waals surface area (Å²) in [6.07, 6.45) is 0. The average molecular weight is 382 g/mol. The number of halogens is 3. The molecule has 0 bridgehead atoms. The summed E-state index contributed by atoms with van der Waals surface area (Å²) in [5.41, 5.74) is 1.37. The van der Waals surface area contributed by atoms with Crippen LogP contribution in [0.3, 0.4) is 0 Å². The second kappa shape index (κ2) is 8.15. The molecule has 3 rings (SSSR count). The molecule has 1 unspecified atom stereocenters. The Balaban J connectivity index is 1.69. The number of rotatable bonds is 4. The van der Waals surface area contributed by atoms with E-state index in [0.717, 1.165) is 12.1 Å². The normalized spacial score (nSPS) is 18.1. The molecule has 7 heteroatoms. The van der Waals surface area contributed by atoms with Gasteiger partial charge < -0.3 is 10.6 Å². The van der Waals surface area contributed by atoms with Crippen molar-refractivity contribution in [3.63, 3.8) is 0 Å². The molecule has 2 aromatic carbocycles. The Bertz CT molecular complexity index is 772. The van der Waals surface area contributed by atoms with E-state index in [2.05, 4.69) is 10.6 Å². The van der Waals surface area contributed by atoms with E-state index in [4.69, 9.17) is 23.2 Å². The summed E-state index contributed by atoms with van der Waals surface area (Å²) in [5.74, 6) is -0.451. The SMILES string of the molecule is O=C(CN1CCNCC1c1cccc(F)c1)Nc1ccc(Cl)cc1Cl. The Morgan fingerprint density at radius 3 is 2.88 bits per heavy atom. The van der Waals surface area contributed by atoms with E-state index in [-0.39, 0.29) is 24.3 Å². The number of carbonyl (C=O) groups excluding carboxylic acids is 1. The van der Waals surface area contributed by atoms with Gasteiger partial charge in [0.1, 0.15) is 5.82 Å². The Morgan fingerprint density at radius 1 is 1.28 bits per heavy atom. The van der Waals surface area contributed by atoms with Gasteiger partial charge in [-0.15, -0.1) is 0 Å². The molecule has 1 amide bonds. The molecule has 1 heterocycles. The summed E-state index contributed by atoms with van der Waals surface area (Å²) in [6.45, 7) is 2.34. The fourth-order valence-corrected chi connectivity index (χ4v) is 3.40. The molecule has 1 saturated heterocycles. The fourth-order valence-electron chi connectivity index (χ4n) is 2.94. The van der Waals surface area contributed by atoms with Crippen molar-refractivity contribution >= 4 is 34.8 Å². The highest BCUT2D eigenvalue weighted by Gasteiger charge is 2.26. The number of benzene rings is 2. The Morgan fingerprint density at radius 2 is 2.12 bits per heavy atom. The quantitative estimate of drug-likeness (QED) is 0.847. The molecule has 1 fully saturated rings. The second-order valence-corrected chi connectivity index (χ2v) is 6.76. The van der Waals surface area contributed by atoms with Gasteiger partial charge in [-0.25, -0.2) is 4.39 Å². The topological polar surface area (TPSA) is 44.4 Å². The molecular weight excluding hydrogens is 364 g/mol. The van der Waals surface area contributed by atoms with Crippen LogP contribution in [0.1, 0.15) is 11.6 Å². The van der Waals surface area contributed by atoms with E-state index < -0.39 is 0 Å². The lowest BCUT2D eigenvalue weighted by Crippen LogP contribution is -2.48. The Labute approximate surface area is 155 Å². The van der Waals surface area contributed by atoms with Crippen molar-refractivity contribution in [2.75, 3.05) is 31.5 Å². The summed E-state index contributed by atoms with van der Waals surface area (Å²) < 4.78 is 13.5. The zero-order valence-corrected chi connectivity index (χ0v) is 14.9. The smallest absolute Gasteiger partial charge is 0.238 e. The molecular formula is C18H18Cl2FN3O. The number of anilines is 1. The van der Waals surface area contributed by atoms with E-state index in [9.17, 15) is 9.18 Å². The first-order chi connectivity index (χ1) is 12.0. The minimum absolute atomic E-state index is 0.0594. The van der Waals surface area contributed by atoms with E-state index in [1.807, 2.05) is 11.0 Å². The standard InChI is InChI=1S/C18H18Cl2FN3O/c19-13-4-5-16(15(20)9-13)23-18(25)11-24-7-6-22-10-17(24)12-2-1-3-14(21)8-12/h1-5,8-9,17,22H,6-7,10-11H2,(H,23,25). The highest BCUT2D eigenvalue weighted by Crippen LogP contribution is 2.26. The van der Waals surface area contributed by atoms with E-state index >= 15 is 0 Å². The number of amides is 1. The Hall–Kier alpha value is -1.66. The molecule has 1 aliphatic heterocycles. The third-order valence-electron chi connectivity index (χ3n) is 4.14. The first-order valence-corrected chi connectivity index (χ1v) is 8.73. The predicted octanol–water partition coefficient (Wildman–Crippen LogP) is 3.72. The lowest BCUT2D eigenvalue weighted by molar-refractivity contribution is -0.118. The lowest BCUT2D eigenvalue weighted by Gasteiger charge is -2.36. The molecule has 0 saturated carbocycles. The van der Waals surface area contributed by atoms with Gasteiger partial charge in [-0.3, -0.25) is 9.69 Å². The molecule has 132 valence electrons. The van der Waals surface area contributed by atoms with E-state index in [1.165, 1.54) is 12.1 Å². The summed E-state index contributed by atoms with van der Waals surface area (Å²) in [4.78, 5) is 14.5. The van der Waals surface area contributed by atoms with Crippen LogP contribution in [0, 0.1) is 5.82 Å². The van der Waals surface area contributed by atoms with Gasteiger partial charge in [0.05, 0.1) is 17.3 Å². The van der Waals surface area contributed by atoms with Crippen LogP contribution in [0.5, 0.6) is 0 Å². The molecule has 0 radical (unpaired) electrons. The van der Waals surface area contributed by atoms with Crippen molar-refractivity contribution < 1.29 is 9.18 Å². The zero-order valence-electron chi connectivity index (χ0n) is 13.4. The number of nitrogens with zero attached hydrogens (tertiary/aromatic N) is 1. The number of carbonyl (C=O) groups is 1. The van der Waals surface area contributed by atoms with Crippen LogP contribution < -0.4 is 10.6 Å².